The first-order valence-electron chi connectivity index (χ1n) is 22.2. The standard InChI is InChI=1S/C45H29N3S/c1-4-13-30(14-5-1)31-25-27-34(28-26-31)44-46-43(33-17-8-3-9-18-33)47-45(48-44)36-20-10-19-35(29-36)38-22-12-24-40-39-23-11-21-37(41(39)49-42(38)40)32-15-6-2-7-16-32/h1-29H/i2D,6D,7D,10D,11D,12D,15D,16D,19D,20D,21D,23D,24D,29D. The van der Waals surface area contributed by atoms with Crippen LogP contribution < -0.4 is 0 Å². The molecular formula is C45H29N3S. The Hall–Kier alpha value is -6.23. The molecule has 7 aromatic carbocycles. The van der Waals surface area contributed by atoms with E-state index < -0.39 is 84.6 Å². The van der Waals surface area contributed by atoms with Crippen LogP contribution >= 0.6 is 11.3 Å². The van der Waals surface area contributed by atoms with Gasteiger partial charge in [0.1, 0.15) is 0 Å². The van der Waals surface area contributed by atoms with Crippen LogP contribution in [0.5, 0.6) is 0 Å². The molecule has 0 aliphatic carbocycles. The van der Waals surface area contributed by atoms with Gasteiger partial charge in [-0.25, -0.2) is 15.0 Å². The van der Waals surface area contributed by atoms with E-state index in [2.05, 4.69) is 0 Å². The number of rotatable bonds is 6. The van der Waals surface area contributed by atoms with E-state index >= 15 is 0 Å². The predicted molar refractivity (Wildman–Crippen MR) is 205 cm³/mol. The Labute approximate surface area is 308 Å². The molecule has 0 saturated carbocycles. The van der Waals surface area contributed by atoms with Gasteiger partial charge in [-0.15, -0.1) is 11.3 Å². The van der Waals surface area contributed by atoms with Crippen molar-refractivity contribution in [3.05, 3.63) is 176 Å². The number of nitrogens with zero attached hydrogens (tertiary/aromatic N) is 3. The van der Waals surface area contributed by atoms with Crippen molar-refractivity contribution in [2.75, 3.05) is 0 Å². The molecule has 0 amide bonds. The van der Waals surface area contributed by atoms with E-state index in [0.717, 1.165) is 22.5 Å². The molecule has 2 aromatic heterocycles. The summed E-state index contributed by atoms with van der Waals surface area (Å²) < 4.78 is 124. The maximum Gasteiger partial charge on any atom is 0.164 e. The maximum absolute atomic E-state index is 9.68. The second-order valence-electron chi connectivity index (χ2n) is 11.0. The second-order valence-corrected chi connectivity index (χ2v) is 12.0. The van der Waals surface area contributed by atoms with Gasteiger partial charge in [0.05, 0.1) is 19.2 Å². The molecule has 0 bridgehead atoms. The molecule has 3 nitrogen and oxygen atoms in total. The largest absolute Gasteiger partial charge is 0.208 e. The highest BCUT2D eigenvalue weighted by molar-refractivity contribution is 7.26. The highest BCUT2D eigenvalue weighted by atomic mass is 32.1. The lowest BCUT2D eigenvalue weighted by Crippen LogP contribution is -2.00. The van der Waals surface area contributed by atoms with Crippen molar-refractivity contribution in [1.82, 2.24) is 15.0 Å². The molecule has 0 unspecified atom stereocenters. The van der Waals surface area contributed by atoms with E-state index in [0.29, 0.717) is 11.1 Å². The van der Waals surface area contributed by atoms with Gasteiger partial charge in [0, 0.05) is 36.9 Å². The molecule has 0 atom stereocenters. The summed E-state index contributed by atoms with van der Waals surface area (Å²) in [7, 11) is 0. The summed E-state index contributed by atoms with van der Waals surface area (Å²) in [5.74, 6) is 0.282. The lowest BCUT2D eigenvalue weighted by molar-refractivity contribution is 1.07. The quantitative estimate of drug-likeness (QED) is 0.179. The first-order valence-corrected chi connectivity index (χ1v) is 16.0. The van der Waals surface area contributed by atoms with Gasteiger partial charge in [-0.05, 0) is 39.4 Å². The van der Waals surface area contributed by atoms with Crippen molar-refractivity contribution in [2.24, 2.45) is 0 Å². The molecule has 49 heavy (non-hydrogen) atoms. The molecule has 2 heterocycles. The molecule has 0 spiro atoms. The highest BCUT2D eigenvalue weighted by Gasteiger charge is 2.16. The van der Waals surface area contributed by atoms with E-state index in [1.54, 1.807) is 24.3 Å². The van der Waals surface area contributed by atoms with E-state index in [1.165, 1.54) is 6.07 Å². The van der Waals surface area contributed by atoms with Gasteiger partial charge in [0.15, 0.2) is 17.5 Å². The van der Waals surface area contributed by atoms with Gasteiger partial charge in [0.2, 0.25) is 0 Å². The minimum Gasteiger partial charge on any atom is -0.208 e. The Balaban J connectivity index is 1.33. The number of hydrogen-bond acceptors (Lipinski definition) is 4. The first-order chi connectivity index (χ1) is 30.1. The normalized spacial score (nSPS) is 15.3. The summed E-state index contributed by atoms with van der Waals surface area (Å²) in [5.41, 5.74) is 2.07. The van der Waals surface area contributed by atoms with Crippen molar-refractivity contribution in [1.29, 1.82) is 0 Å². The van der Waals surface area contributed by atoms with Gasteiger partial charge >= 0.3 is 0 Å². The highest BCUT2D eigenvalue weighted by Crippen LogP contribution is 2.44. The lowest BCUT2D eigenvalue weighted by atomic mass is 9.99. The molecule has 4 heteroatoms. The number of thiophene rings is 1. The van der Waals surface area contributed by atoms with E-state index in [9.17, 15) is 2.74 Å². The predicted octanol–water partition coefficient (Wildman–Crippen LogP) is 12.2. The average molecular weight is 658 g/mol. The molecule has 0 aliphatic rings. The van der Waals surface area contributed by atoms with Gasteiger partial charge in [0.25, 0.3) is 0 Å². The van der Waals surface area contributed by atoms with Crippen LogP contribution in [0.3, 0.4) is 0 Å². The Bertz CT molecular complexity index is 3350. The SMILES string of the molecule is [2H]c1cc(-c2c([2H])c([2H])c([2H])c(-c3nc(-c4ccccc4)nc(-c4ccc(-c5ccccc5)cc4)n3)c2[2H])c2sc3c(-c4c([2H])c([2H])c([2H])c([2H])c4[2H])c([2H])c([2H])c([2H])c3c2c1[2H]. The zero-order valence-electron chi connectivity index (χ0n) is 39.4. The number of hydrogen-bond donors (Lipinski definition) is 0. The Morgan fingerprint density at radius 1 is 0.367 bits per heavy atom. The molecule has 0 saturated heterocycles. The van der Waals surface area contributed by atoms with E-state index in [-0.39, 0.29) is 65.5 Å². The third-order valence-corrected chi connectivity index (χ3v) is 9.19. The Kier molecular flexibility index (Phi) is 4.51. The summed E-state index contributed by atoms with van der Waals surface area (Å²) in [6, 6.07) is 19.6. The topological polar surface area (TPSA) is 38.7 Å². The molecule has 0 fully saturated rings. The fraction of sp³-hybridized carbons (Fsp3) is 0. The molecular weight excluding hydrogens is 615 g/mol. The molecule has 230 valence electrons. The van der Waals surface area contributed by atoms with Crippen LogP contribution in [0.4, 0.5) is 0 Å². The van der Waals surface area contributed by atoms with Crippen LogP contribution in [0, 0.1) is 0 Å². The molecule has 9 aromatic rings. The summed E-state index contributed by atoms with van der Waals surface area (Å²) in [5, 5.41) is -0.147. The monoisotopic (exact) mass is 657 g/mol. The second kappa shape index (κ2) is 12.4. The van der Waals surface area contributed by atoms with E-state index in [4.69, 9.17) is 31.4 Å². The van der Waals surface area contributed by atoms with Crippen LogP contribution in [-0.4, -0.2) is 15.0 Å². The molecule has 0 aliphatic heterocycles. The average Bonchev–Trinajstić information content (AvgIpc) is 3.70. The lowest BCUT2D eigenvalue weighted by Gasteiger charge is -2.10. The Morgan fingerprint density at radius 3 is 1.59 bits per heavy atom. The first kappa shape index (κ1) is 17.8. The third kappa shape index (κ3) is 5.48. The zero-order chi connectivity index (χ0) is 44.8. The van der Waals surface area contributed by atoms with Crippen molar-refractivity contribution < 1.29 is 19.2 Å². The number of benzene rings is 7. The Morgan fingerprint density at radius 2 is 0.878 bits per heavy atom. The molecule has 9 rings (SSSR count). The van der Waals surface area contributed by atoms with Gasteiger partial charge in [-0.3, -0.25) is 0 Å². The summed E-state index contributed by atoms with van der Waals surface area (Å²) in [4.78, 5) is 14.2. The minimum atomic E-state index is -0.679. The van der Waals surface area contributed by atoms with Crippen LogP contribution in [0.2, 0.25) is 0 Å². The van der Waals surface area contributed by atoms with Crippen molar-refractivity contribution >= 4 is 31.5 Å². The van der Waals surface area contributed by atoms with Gasteiger partial charge in [-0.1, -0.05) is 170 Å². The van der Waals surface area contributed by atoms with Gasteiger partial charge < -0.3 is 0 Å². The minimum absolute atomic E-state index is 0.00418. The van der Waals surface area contributed by atoms with Crippen LogP contribution in [0.15, 0.2) is 176 Å². The summed E-state index contributed by atoms with van der Waals surface area (Å²) >= 11 is 0.847. The van der Waals surface area contributed by atoms with Crippen LogP contribution in [0.25, 0.3) is 87.7 Å². The fourth-order valence-corrected chi connectivity index (χ4v) is 6.84. The smallest absolute Gasteiger partial charge is 0.164 e. The fourth-order valence-electron chi connectivity index (χ4n) is 5.60. The molecule has 0 radical (unpaired) electrons. The van der Waals surface area contributed by atoms with Crippen molar-refractivity contribution in [2.45, 2.75) is 0 Å². The number of aromatic nitrogens is 3. The number of fused-ring (bicyclic) bond motifs is 3. The van der Waals surface area contributed by atoms with E-state index in [1.807, 2.05) is 60.7 Å². The van der Waals surface area contributed by atoms with Crippen LogP contribution in [-0.2, 0) is 0 Å². The maximum atomic E-state index is 9.68. The van der Waals surface area contributed by atoms with Crippen molar-refractivity contribution in [3.63, 3.8) is 0 Å². The molecule has 0 N–H and O–H groups in total. The summed E-state index contributed by atoms with van der Waals surface area (Å²) in [6.07, 6.45) is 0. The summed E-state index contributed by atoms with van der Waals surface area (Å²) in [6.45, 7) is 0. The van der Waals surface area contributed by atoms with Crippen molar-refractivity contribution in [3.8, 4) is 67.5 Å². The van der Waals surface area contributed by atoms with Gasteiger partial charge in [-0.2, -0.15) is 0 Å². The van der Waals surface area contributed by atoms with Crippen LogP contribution in [0.1, 0.15) is 19.2 Å². The third-order valence-electron chi connectivity index (χ3n) is 7.95. The zero-order valence-corrected chi connectivity index (χ0v) is 26.2.